The molecule has 1 amide bonds. The minimum atomic E-state index is -0.618. The van der Waals surface area contributed by atoms with Crippen molar-refractivity contribution >= 4 is 17.5 Å². The maximum absolute atomic E-state index is 12.2. The van der Waals surface area contributed by atoms with Crippen LogP contribution >= 0.6 is 11.6 Å². The molecule has 0 aliphatic carbocycles. The molecule has 2 aromatic carbocycles. The summed E-state index contributed by atoms with van der Waals surface area (Å²) in [5, 5.41) is 3.44. The third kappa shape index (κ3) is 4.25. The number of hydrogen-bond donors (Lipinski definition) is 1. The molecule has 0 radical (unpaired) electrons. The molecular formula is C18H20ClNO2. The third-order valence-corrected chi connectivity index (χ3v) is 3.76. The second kappa shape index (κ2) is 7.32. The normalized spacial score (nSPS) is 13.3. The van der Waals surface area contributed by atoms with Gasteiger partial charge in [-0.3, -0.25) is 4.79 Å². The number of halogens is 1. The predicted molar refractivity (Wildman–Crippen MR) is 89.3 cm³/mol. The van der Waals surface area contributed by atoms with E-state index in [0.29, 0.717) is 10.8 Å². The highest BCUT2D eigenvalue weighted by molar-refractivity contribution is 6.32. The molecule has 4 heteroatoms. The van der Waals surface area contributed by atoms with Crippen LogP contribution in [0.3, 0.4) is 0 Å². The van der Waals surface area contributed by atoms with Gasteiger partial charge in [-0.25, -0.2) is 0 Å². The first-order valence-electron chi connectivity index (χ1n) is 7.25. The van der Waals surface area contributed by atoms with Gasteiger partial charge in [0.15, 0.2) is 6.10 Å². The first-order valence-corrected chi connectivity index (χ1v) is 7.63. The van der Waals surface area contributed by atoms with Crippen LogP contribution in [0.5, 0.6) is 5.75 Å². The van der Waals surface area contributed by atoms with E-state index in [0.717, 1.165) is 5.56 Å². The van der Waals surface area contributed by atoms with Crippen LogP contribution in [0.15, 0.2) is 48.5 Å². The fourth-order valence-electron chi connectivity index (χ4n) is 2.05. The molecule has 2 rings (SSSR count). The molecule has 0 bridgehead atoms. The van der Waals surface area contributed by atoms with Gasteiger partial charge >= 0.3 is 0 Å². The van der Waals surface area contributed by atoms with E-state index < -0.39 is 6.10 Å². The fourth-order valence-corrected chi connectivity index (χ4v) is 2.23. The van der Waals surface area contributed by atoms with Crippen LogP contribution in [0.1, 0.15) is 31.0 Å². The topological polar surface area (TPSA) is 38.3 Å². The summed E-state index contributed by atoms with van der Waals surface area (Å²) in [6, 6.07) is 15.1. The molecule has 2 aromatic rings. The number of carbonyl (C=O) groups excluding carboxylic acids is 1. The lowest BCUT2D eigenvalue weighted by Crippen LogP contribution is -2.37. The number of amides is 1. The average molecular weight is 318 g/mol. The van der Waals surface area contributed by atoms with Crippen molar-refractivity contribution in [3.8, 4) is 5.75 Å². The Morgan fingerprint density at radius 1 is 1.09 bits per heavy atom. The molecule has 22 heavy (non-hydrogen) atoms. The van der Waals surface area contributed by atoms with Crippen molar-refractivity contribution in [3.63, 3.8) is 0 Å². The van der Waals surface area contributed by atoms with Crippen LogP contribution in [-0.4, -0.2) is 12.0 Å². The number of ether oxygens (including phenoxy) is 1. The Kier molecular flexibility index (Phi) is 5.45. The first kappa shape index (κ1) is 16.4. The largest absolute Gasteiger partial charge is 0.479 e. The molecule has 3 nitrogen and oxygen atoms in total. The van der Waals surface area contributed by atoms with Gasteiger partial charge in [0.1, 0.15) is 5.75 Å². The molecule has 0 spiro atoms. The maximum Gasteiger partial charge on any atom is 0.261 e. The Balaban J connectivity index is 1.96. The molecule has 0 heterocycles. The molecule has 0 aromatic heterocycles. The van der Waals surface area contributed by atoms with Gasteiger partial charge in [-0.1, -0.05) is 53.6 Å². The second-order valence-corrected chi connectivity index (χ2v) is 5.74. The van der Waals surface area contributed by atoms with E-state index >= 15 is 0 Å². The Morgan fingerprint density at radius 2 is 1.73 bits per heavy atom. The van der Waals surface area contributed by atoms with E-state index in [-0.39, 0.29) is 11.9 Å². The number of rotatable bonds is 5. The summed E-state index contributed by atoms with van der Waals surface area (Å²) in [5.41, 5.74) is 2.25. The van der Waals surface area contributed by atoms with Gasteiger partial charge in [0.2, 0.25) is 0 Å². The van der Waals surface area contributed by atoms with Crippen LogP contribution in [0, 0.1) is 6.92 Å². The molecule has 116 valence electrons. The van der Waals surface area contributed by atoms with Crippen LogP contribution in [0.2, 0.25) is 5.02 Å². The van der Waals surface area contributed by atoms with E-state index in [1.165, 1.54) is 5.56 Å². The Labute approximate surface area is 136 Å². The zero-order chi connectivity index (χ0) is 16.1. The second-order valence-electron chi connectivity index (χ2n) is 5.33. The number of hydrogen-bond acceptors (Lipinski definition) is 2. The summed E-state index contributed by atoms with van der Waals surface area (Å²) < 4.78 is 5.62. The molecular weight excluding hydrogens is 298 g/mol. The van der Waals surface area contributed by atoms with E-state index in [1.54, 1.807) is 19.1 Å². The molecule has 0 aliphatic rings. The summed E-state index contributed by atoms with van der Waals surface area (Å²) in [5.74, 6) is 0.336. The lowest BCUT2D eigenvalue weighted by Gasteiger charge is -2.19. The van der Waals surface area contributed by atoms with Gasteiger partial charge in [-0.2, -0.15) is 0 Å². The fraction of sp³-hybridized carbons (Fsp3) is 0.278. The molecule has 0 aliphatic heterocycles. The van der Waals surface area contributed by atoms with Crippen molar-refractivity contribution in [1.29, 1.82) is 0 Å². The first-order chi connectivity index (χ1) is 10.5. The van der Waals surface area contributed by atoms with Crippen LogP contribution < -0.4 is 10.1 Å². The minimum Gasteiger partial charge on any atom is -0.479 e. The van der Waals surface area contributed by atoms with Gasteiger partial charge < -0.3 is 10.1 Å². The molecule has 0 unspecified atom stereocenters. The van der Waals surface area contributed by atoms with Crippen molar-refractivity contribution in [3.05, 3.63) is 64.7 Å². The highest BCUT2D eigenvalue weighted by Crippen LogP contribution is 2.24. The van der Waals surface area contributed by atoms with Crippen molar-refractivity contribution in [2.75, 3.05) is 0 Å². The third-order valence-electron chi connectivity index (χ3n) is 3.45. The van der Waals surface area contributed by atoms with Gasteiger partial charge in [0.25, 0.3) is 5.91 Å². The molecule has 0 fully saturated rings. The Bertz CT molecular complexity index is 640. The van der Waals surface area contributed by atoms with Gasteiger partial charge in [-0.15, -0.1) is 0 Å². The van der Waals surface area contributed by atoms with E-state index in [4.69, 9.17) is 16.3 Å². The lowest BCUT2D eigenvalue weighted by atomic mass is 10.1. The zero-order valence-corrected chi connectivity index (χ0v) is 13.7. The van der Waals surface area contributed by atoms with Gasteiger partial charge in [0, 0.05) is 0 Å². The highest BCUT2D eigenvalue weighted by Gasteiger charge is 2.18. The molecule has 0 saturated heterocycles. The number of nitrogens with one attached hydrogen (secondary N) is 1. The summed E-state index contributed by atoms with van der Waals surface area (Å²) in [6.45, 7) is 5.69. The summed E-state index contributed by atoms with van der Waals surface area (Å²) >= 11 is 6.03. The standard InChI is InChI=1S/C18H20ClNO2/c1-12-8-10-15(11-9-12)13(2)20-18(21)14(3)22-17-7-5-4-6-16(17)19/h4-11,13-14H,1-3H3,(H,20,21)/t13-,14+/m0/s1. The SMILES string of the molecule is Cc1ccc([C@H](C)NC(=O)[C@@H](C)Oc2ccccc2Cl)cc1. The molecule has 2 atom stereocenters. The summed E-state index contributed by atoms with van der Waals surface area (Å²) in [6.07, 6.45) is -0.618. The van der Waals surface area contributed by atoms with Crippen LogP contribution in [-0.2, 0) is 4.79 Å². The molecule has 1 N–H and O–H groups in total. The zero-order valence-electron chi connectivity index (χ0n) is 13.0. The van der Waals surface area contributed by atoms with Crippen molar-refractivity contribution in [2.45, 2.75) is 32.9 Å². The summed E-state index contributed by atoms with van der Waals surface area (Å²) in [7, 11) is 0. The quantitative estimate of drug-likeness (QED) is 0.893. The van der Waals surface area contributed by atoms with Gasteiger partial charge in [-0.05, 0) is 38.5 Å². The van der Waals surface area contributed by atoms with Crippen LogP contribution in [0.4, 0.5) is 0 Å². The van der Waals surface area contributed by atoms with E-state index in [2.05, 4.69) is 5.32 Å². The number of para-hydroxylation sites is 1. The molecule has 0 saturated carbocycles. The number of aryl methyl sites for hydroxylation is 1. The van der Waals surface area contributed by atoms with E-state index in [9.17, 15) is 4.79 Å². The van der Waals surface area contributed by atoms with Crippen molar-refractivity contribution < 1.29 is 9.53 Å². The van der Waals surface area contributed by atoms with Crippen LogP contribution in [0.25, 0.3) is 0 Å². The van der Waals surface area contributed by atoms with Crippen molar-refractivity contribution in [2.24, 2.45) is 0 Å². The lowest BCUT2D eigenvalue weighted by molar-refractivity contribution is -0.127. The smallest absolute Gasteiger partial charge is 0.261 e. The minimum absolute atomic E-state index is 0.0783. The highest BCUT2D eigenvalue weighted by atomic mass is 35.5. The Hall–Kier alpha value is -2.00. The Morgan fingerprint density at radius 3 is 2.36 bits per heavy atom. The number of carbonyl (C=O) groups is 1. The predicted octanol–water partition coefficient (Wildman–Crippen LogP) is 4.29. The number of benzene rings is 2. The van der Waals surface area contributed by atoms with Gasteiger partial charge in [0.05, 0.1) is 11.1 Å². The monoisotopic (exact) mass is 317 g/mol. The average Bonchev–Trinajstić information content (AvgIpc) is 2.50. The van der Waals surface area contributed by atoms with Crippen molar-refractivity contribution in [1.82, 2.24) is 5.32 Å². The van der Waals surface area contributed by atoms with E-state index in [1.807, 2.05) is 50.2 Å². The maximum atomic E-state index is 12.2. The summed E-state index contributed by atoms with van der Waals surface area (Å²) in [4.78, 5) is 12.2.